The number of aromatic nitrogens is 5. The van der Waals surface area contributed by atoms with Crippen LogP contribution in [0.3, 0.4) is 0 Å². The number of aryl methyl sites for hydroxylation is 1. The molecule has 0 spiro atoms. The molecule has 2 aliphatic rings. The molecular weight excluding hydrogens is 518 g/mol. The maximum Gasteiger partial charge on any atom is 0.262 e. The number of hydrogen-bond acceptors (Lipinski definition) is 8. The Hall–Kier alpha value is -3.06. The van der Waals surface area contributed by atoms with Gasteiger partial charge in [-0.25, -0.2) is 15.0 Å². The van der Waals surface area contributed by atoms with Gasteiger partial charge in [0.2, 0.25) is 0 Å². The first-order valence-electron chi connectivity index (χ1n) is 11.9. The molecule has 196 valence electrons. The lowest BCUT2D eigenvalue weighted by molar-refractivity contribution is 0.412. The van der Waals surface area contributed by atoms with Crippen molar-refractivity contribution in [1.29, 1.82) is 0 Å². The third-order valence-electron chi connectivity index (χ3n) is 7.10. The number of benzene rings is 1. The Morgan fingerprint density at radius 1 is 1.16 bits per heavy atom. The average molecular weight is 546 g/mol. The molecule has 0 saturated carbocycles. The summed E-state index contributed by atoms with van der Waals surface area (Å²) in [6.45, 7) is 1.80. The maximum atomic E-state index is 12.9. The minimum atomic E-state index is -3.67. The second kappa shape index (κ2) is 9.35. The normalized spacial score (nSPS) is 21.4. The first-order valence-corrected chi connectivity index (χ1v) is 14.1. The van der Waals surface area contributed by atoms with Crippen LogP contribution in [0.25, 0.3) is 33.2 Å². The van der Waals surface area contributed by atoms with E-state index in [2.05, 4.69) is 14.9 Å². The minimum absolute atomic E-state index is 0.161. The van der Waals surface area contributed by atoms with Gasteiger partial charge >= 0.3 is 0 Å². The summed E-state index contributed by atoms with van der Waals surface area (Å²) in [4.78, 5) is 32.7. The molecule has 2 fully saturated rings. The molecule has 0 aliphatic carbocycles. The Balaban J connectivity index is 0.000000514. The molecule has 1 aromatic carbocycles. The molecule has 4 N–H and O–H groups in total. The fourth-order valence-corrected chi connectivity index (χ4v) is 5.79. The Kier molecular flexibility index (Phi) is 6.47. The van der Waals surface area contributed by atoms with Gasteiger partial charge in [-0.2, -0.15) is 8.42 Å². The van der Waals surface area contributed by atoms with Crippen LogP contribution in [0, 0.1) is 6.92 Å². The molecule has 4 aromatic rings. The third-order valence-corrected chi connectivity index (χ3v) is 7.49. The molecule has 2 bridgehead atoms. The standard InChI is InChI=1S/C23H24ClN7O.CH4O3S/c1-11-28-17-6-5-15(20(24)19(17)23(32)30(11)2)16-9-27-22-21(16)26-10-18(29-22)31-13-3-4-14(31)8-12(25)7-13;1-5(2,3)4/h5-6,9-10,12-14H,3-4,7-8,25H2,1-2H3,(H,27,29);1H3,(H,2,3,4). The van der Waals surface area contributed by atoms with Crippen molar-refractivity contribution in [1.82, 2.24) is 24.5 Å². The number of nitrogens with two attached hydrogens (primary N) is 1. The molecule has 2 atom stereocenters. The van der Waals surface area contributed by atoms with Crippen LogP contribution in [-0.2, 0) is 17.2 Å². The van der Waals surface area contributed by atoms with Crippen LogP contribution in [0.15, 0.2) is 29.3 Å². The number of fused-ring (bicyclic) bond motifs is 4. The first kappa shape index (κ1) is 25.6. The van der Waals surface area contributed by atoms with Crippen molar-refractivity contribution in [2.45, 2.75) is 50.7 Å². The van der Waals surface area contributed by atoms with Crippen molar-refractivity contribution in [2.75, 3.05) is 11.2 Å². The predicted octanol–water partition coefficient (Wildman–Crippen LogP) is 2.80. The highest BCUT2D eigenvalue weighted by Crippen LogP contribution is 2.39. The Morgan fingerprint density at radius 2 is 1.81 bits per heavy atom. The van der Waals surface area contributed by atoms with Gasteiger partial charge in [0.25, 0.3) is 15.7 Å². The number of halogens is 1. The molecule has 13 heteroatoms. The van der Waals surface area contributed by atoms with Gasteiger partial charge in [0.15, 0.2) is 5.65 Å². The van der Waals surface area contributed by atoms with Crippen molar-refractivity contribution < 1.29 is 13.0 Å². The van der Waals surface area contributed by atoms with Crippen molar-refractivity contribution in [3.8, 4) is 11.1 Å². The SMILES string of the molecule is CS(=O)(=O)O.Cc1nc2ccc(-c3c[nH]c4nc(N5C6CCC5CC(N)C6)cnc34)c(Cl)c2c(=O)n1C. The number of nitrogens with one attached hydrogen (secondary N) is 1. The number of rotatable bonds is 2. The van der Waals surface area contributed by atoms with E-state index in [9.17, 15) is 13.2 Å². The average Bonchev–Trinajstić information content (AvgIpc) is 3.34. The van der Waals surface area contributed by atoms with Gasteiger partial charge in [0.05, 0.1) is 28.4 Å². The van der Waals surface area contributed by atoms with E-state index in [1.807, 2.05) is 24.5 Å². The molecule has 2 saturated heterocycles. The Morgan fingerprint density at radius 3 is 2.46 bits per heavy atom. The molecule has 6 rings (SSSR count). The number of H-pyrrole nitrogens is 1. The monoisotopic (exact) mass is 545 g/mol. The van der Waals surface area contributed by atoms with Crippen LogP contribution in [0.4, 0.5) is 5.82 Å². The van der Waals surface area contributed by atoms with E-state index in [0.717, 1.165) is 48.1 Å². The first-order chi connectivity index (χ1) is 17.4. The third kappa shape index (κ3) is 4.81. The quantitative estimate of drug-likeness (QED) is 0.322. The van der Waals surface area contributed by atoms with Gasteiger partial charge < -0.3 is 15.6 Å². The summed E-state index contributed by atoms with van der Waals surface area (Å²) in [5.41, 5.74) is 9.64. The number of hydrogen-bond donors (Lipinski definition) is 3. The van der Waals surface area contributed by atoms with E-state index in [1.54, 1.807) is 14.0 Å². The van der Waals surface area contributed by atoms with E-state index in [4.69, 9.17) is 31.9 Å². The maximum absolute atomic E-state index is 12.9. The van der Waals surface area contributed by atoms with Crippen molar-refractivity contribution >= 4 is 49.6 Å². The van der Waals surface area contributed by atoms with Gasteiger partial charge in [0, 0.05) is 42.5 Å². The lowest BCUT2D eigenvalue weighted by Crippen LogP contribution is -2.47. The molecule has 5 heterocycles. The van der Waals surface area contributed by atoms with Gasteiger partial charge in [-0.3, -0.25) is 13.9 Å². The molecule has 2 aliphatic heterocycles. The summed E-state index contributed by atoms with van der Waals surface area (Å²) in [5, 5.41) is 0.794. The van der Waals surface area contributed by atoms with Gasteiger partial charge in [0.1, 0.15) is 17.2 Å². The van der Waals surface area contributed by atoms with Crippen LogP contribution < -0.4 is 16.2 Å². The van der Waals surface area contributed by atoms with Crippen LogP contribution in [0.5, 0.6) is 0 Å². The zero-order valence-corrected chi connectivity index (χ0v) is 22.2. The van der Waals surface area contributed by atoms with Gasteiger partial charge in [-0.15, -0.1) is 0 Å². The fraction of sp³-hybridized carbons (Fsp3) is 0.417. The molecule has 0 radical (unpaired) electrons. The minimum Gasteiger partial charge on any atom is -0.349 e. The fourth-order valence-electron chi connectivity index (χ4n) is 5.44. The molecular formula is C24H28ClN7O4S. The highest BCUT2D eigenvalue weighted by molar-refractivity contribution is 7.85. The van der Waals surface area contributed by atoms with Crippen LogP contribution in [0.2, 0.25) is 5.02 Å². The number of nitrogens with zero attached hydrogens (tertiary/aromatic N) is 5. The Bertz CT molecular complexity index is 1660. The van der Waals surface area contributed by atoms with E-state index in [0.29, 0.717) is 45.7 Å². The van der Waals surface area contributed by atoms with Gasteiger partial charge in [-0.1, -0.05) is 17.7 Å². The van der Waals surface area contributed by atoms with E-state index < -0.39 is 10.1 Å². The van der Waals surface area contributed by atoms with Crippen LogP contribution in [-0.4, -0.2) is 61.9 Å². The summed E-state index contributed by atoms with van der Waals surface area (Å²) in [6, 6.07) is 4.87. The summed E-state index contributed by atoms with van der Waals surface area (Å²) in [5.74, 6) is 1.54. The lowest BCUT2D eigenvalue weighted by atomic mass is 9.98. The molecule has 3 aromatic heterocycles. The summed E-state index contributed by atoms with van der Waals surface area (Å²) in [7, 11) is -1.97. The second-order valence-corrected chi connectivity index (χ2v) is 11.6. The van der Waals surface area contributed by atoms with Crippen molar-refractivity contribution in [3.63, 3.8) is 0 Å². The van der Waals surface area contributed by atoms with Crippen LogP contribution >= 0.6 is 11.6 Å². The Labute approximate surface area is 218 Å². The molecule has 11 nitrogen and oxygen atoms in total. The van der Waals surface area contributed by atoms with Gasteiger partial charge in [-0.05, 0) is 38.7 Å². The molecule has 37 heavy (non-hydrogen) atoms. The smallest absolute Gasteiger partial charge is 0.262 e. The summed E-state index contributed by atoms with van der Waals surface area (Å²) >= 11 is 6.74. The summed E-state index contributed by atoms with van der Waals surface area (Å²) in [6.07, 6.45) is 8.73. The number of anilines is 1. The zero-order valence-electron chi connectivity index (χ0n) is 20.6. The molecule has 0 amide bonds. The van der Waals surface area contributed by atoms with E-state index >= 15 is 0 Å². The van der Waals surface area contributed by atoms with E-state index in [1.165, 1.54) is 4.57 Å². The zero-order chi connectivity index (χ0) is 26.6. The molecule has 2 unspecified atom stereocenters. The van der Waals surface area contributed by atoms with Crippen molar-refractivity contribution in [3.05, 3.63) is 45.7 Å². The van der Waals surface area contributed by atoms with E-state index in [-0.39, 0.29) is 11.6 Å². The highest BCUT2D eigenvalue weighted by Gasteiger charge is 2.40. The lowest BCUT2D eigenvalue weighted by Gasteiger charge is -2.38. The highest BCUT2D eigenvalue weighted by atomic mass is 35.5. The topological polar surface area (TPSA) is 160 Å². The predicted molar refractivity (Wildman–Crippen MR) is 144 cm³/mol. The number of piperidine rings is 1. The van der Waals surface area contributed by atoms with Crippen LogP contribution in [0.1, 0.15) is 31.5 Å². The summed E-state index contributed by atoms with van der Waals surface area (Å²) < 4.78 is 27.4. The number of aromatic amines is 1. The second-order valence-electron chi connectivity index (χ2n) is 9.73. The van der Waals surface area contributed by atoms with Crippen molar-refractivity contribution in [2.24, 2.45) is 12.8 Å². The largest absolute Gasteiger partial charge is 0.349 e.